The number of nitrogens with zero attached hydrogens (tertiary/aromatic N) is 5. The van der Waals surface area contributed by atoms with E-state index < -0.39 is 44.5 Å². The number of benzene rings is 17. The largest absolute Gasteiger partial charge is 0.309 e. The second kappa shape index (κ2) is 24.0. The zero-order chi connectivity index (χ0) is 82.4. The molecule has 0 radical (unpaired) electrons. The van der Waals surface area contributed by atoms with Gasteiger partial charge in [-0.05, 0) is 169 Å². The summed E-state index contributed by atoms with van der Waals surface area (Å²) >= 11 is 16.4. The van der Waals surface area contributed by atoms with Crippen LogP contribution in [0.2, 0.25) is 10.0 Å². The maximum absolute atomic E-state index is 18.2. The van der Waals surface area contributed by atoms with Gasteiger partial charge in [0.1, 0.15) is 0 Å². The third kappa shape index (κ3) is 8.58. The summed E-state index contributed by atoms with van der Waals surface area (Å²) in [6.45, 7) is 34.8. The minimum Gasteiger partial charge on any atom is -0.309 e. The van der Waals surface area contributed by atoms with Crippen molar-refractivity contribution in [3.63, 3.8) is 0 Å². The zero-order valence-electron chi connectivity index (χ0n) is 68.6. The Morgan fingerprint density at radius 1 is 0.212 bits per heavy atom. The minimum atomic E-state index is -0.654. The quantitative estimate of drug-likeness (QED) is 0.0814. The van der Waals surface area contributed by atoms with E-state index in [0.29, 0.717) is 153 Å². The fourth-order valence-electron chi connectivity index (χ4n) is 22.1. The molecular formula is C103H81Cl2N5O8. The summed E-state index contributed by atoms with van der Waals surface area (Å²) < 4.78 is 7.55. The molecule has 0 aliphatic rings. The molecule has 0 aliphatic carbocycles. The summed E-state index contributed by atoms with van der Waals surface area (Å²) in [6.07, 6.45) is 0. The van der Waals surface area contributed by atoms with Gasteiger partial charge in [-0.25, -0.2) is 18.3 Å². The van der Waals surface area contributed by atoms with Gasteiger partial charge in [-0.15, -0.1) is 0 Å². The highest BCUT2D eigenvalue weighted by Crippen LogP contribution is 2.63. The summed E-state index contributed by atoms with van der Waals surface area (Å²) in [7, 11) is 0. The van der Waals surface area contributed by atoms with Crippen LogP contribution in [0.25, 0.3) is 201 Å². The van der Waals surface area contributed by atoms with Crippen molar-refractivity contribution in [3.8, 4) is 28.4 Å². The lowest BCUT2D eigenvalue weighted by Crippen LogP contribution is -2.34. The predicted octanol–water partition coefficient (Wildman–Crippen LogP) is 24.0. The number of hydrogen-bond acceptors (Lipinski definition) is 8. The fourth-order valence-corrected chi connectivity index (χ4v) is 22.7. The summed E-state index contributed by atoms with van der Waals surface area (Å²) in [6, 6.07) is 42.7. The lowest BCUT2D eigenvalue weighted by Gasteiger charge is -2.30. The molecule has 0 saturated heterocycles. The molecular weight excluding hydrogens is 1510 g/mol. The number of fused-ring (bicyclic) bond motifs is 5. The van der Waals surface area contributed by atoms with Crippen molar-refractivity contribution in [2.45, 2.75) is 165 Å². The molecule has 0 spiro atoms. The van der Waals surface area contributed by atoms with Gasteiger partial charge in [0.25, 0.3) is 44.5 Å². The standard InChI is InChI=1S/C103H81Cl2N5O8/c1-40(2)50-22-18-23-51(41(3)4)92(50)107-96(111)60-34-58-72-82-70(60)62(98(107)113)36-66(104)78(82)79-67(105)37-63-76-84(79)86(72)88-75(90(76)102(117)109(99(63)114)94-54(44(9)10)26-20-27-55(94)45(11)12)59-35-61-71-64(100(115)108(97(61)112)93-52(42(5)6)24-19-25-53(93)43(7)8)38-68-80-81-69(106(68)49-32-30-48(17)31-33-49)39-65-77-85(81)87(73(59)83(71)80)89(88)74(58)91(77)103(118)110(101(65)116)95-56(46(13)14)28-21-29-57(95)47(15)16/h18-47H,1-17H3. The van der Waals surface area contributed by atoms with E-state index in [4.69, 9.17) is 23.2 Å². The molecule has 0 bridgehead atoms. The fraction of sp³-hybridized carbons (Fsp3) is 0.243. The van der Waals surface area contributed by atoms with Crippen LogP contribution < -0.4 is 44.5 Å². The van der Waals surface area contributed by atoms with Crippen molar-refractivity contribution in [2.24, 2.45) is 0 Å². The van der Waals surface area contributed by atoms with Crippen molar-refractivity contribution in [2.75, 3.05) is 0 Å². The van der Waals surface area contributed by atoms with Crippen LogP contribution in [0.1, 0.15) is 208 Å². The van der Waals surface area contributed by atoms with E-state index in [-0.39, 0.29) is 106 Å². The van der Waals surface area contributed by atoms with Crippen LogP contribution in [0.15, 0.2) is 172 Å². The van der Waals surface area contributed by atoms with Gasteiger partial charge >= 0.3 is 0 Å². The van der Waals surface area contributed by atoms with E-state index >= 15 is 38.4 Å². The Hall–Kier alpha value is -12.2. The molecule has 0 saturated carbocycles. The van der Waals surface area contributed by atoms with Gasteiger partial charge in [0, 0.05) is 123 Å². The average molecular weight is 1590 g/mol. The number of rotatable bonds is 13. The molecule has 22 aromatic rings. The van der Waals surface area contributed by atoms with Gasteiger partial charge < -0.3 is 4.57 Å². The van der Waals surface area contributed by atoms with Crippen LogP contribution in [0.5, 0.6) is 0 Å². The molecule has 0 unspecified atom stereocenters. The lowest BCUT2D eigenvalue weighted by atomic mass is 9.73. The Morgan fingerprint density at radius 3 is 0.737 bits per heavy atom. The first-order valence-corrected chi connectivity index (χ1v) is 42.2. The van der Waals surface area contributed by atoms with Gasteiger partial charge in [0.2, 0.25) is 0 Å². The molecule has 13 nitrogen and oxygen atoms in total. The maximum atomic E-state index is 18.2. The van der Waals surface area contributed by atoms with Crippen molar-refractivity contribution in [3.05, 3.63) is 276 Å². The van der Waals surface area contributed by atoms with Crippen molar-refractivity contribution in [1.82, 2.24) is 22.8 Å². The first-order valence-electron chi connectivity index (χ1n) is 41.4. The first kappa shape index (κ1) is 72.3. The van der Waals surface area contributed by atoms with Crippen molar-refractivity contribution in [1.29, 1.82) is 0 Å². The summed E-state index contributed by atoms with van der Waals surface area (Å²) in [5, 5.41) is 11.4. The average Bonchev–Trinajstić information content (AvgIpc) is 1.00. The molecule has 118 heavy (non-hydrogen) atoms. The Labute approximate surface area is 684 Å². The first-order chi connectivity index (χ1) is 56.4. The minimum absolute atomic E-state index is 0.0961. The van der Waals surface area contributed by atoms with Crippen LogP contribution >= 0.6 is 23.2 Å². The molecule has 0 amide bonds. The van der Waals surface area contributed by atoms with Crippen LogP contribution in [-0.4, -0.2) is 22.8 Å². The van der Waals surface area contributed by atoms with Gasteiger partial charge in [0.05, 0.1) is 66.1 Å². The molecule has 5 aromatic heterocycles. The van der Waals surface area contributed by atoms with Gasteiger partial charge in [-0.1, -0.05) is 224 Å². The van der Waals surface area contributed by atoms with Crippen LogP contribution in [0, 0.1) is 6.92 Å². The maximum Gasteiger partial charge on any atom is 0.266 e. The summed E-state index contributed by atoms with van der Waals surface area (Å²) in [4.78, 5) is 139. The molecule has 15 heteroatoms. The third-order valence-corrected chi connectivity index (χ3v) is 27.7. The van der Waals surface area contributed by atoms with Gasteiger partial charge in [-0.3, -0.25) is 38.4 Å². The molecule has 580 valence electrons. The Morgan fingerprint density at radius 2 is 0.432 bits per heavy atom. The number of pyridine rings is 4. The van der Waals surface area contributed by atoms with E-state index in [9.17, 15) is 0 Å². The Bertz CT molecular complexity index is 8690. The van der Waals surface area contributed by atoms with E-state index in [1.807, 2.05) is 184 Å². The smallest absolute Gasteiger partial charge is 0.266 e. The van der Waals surface area contributed by atoms with E-state index in [1.54, 1.807) is 12.1 Å². The third-order valence-electron chi connectivity index (χ3n) is 27.1. The van der Waals surface area contributed by atoms with Crippen LogP contribution in [0.3, 0.4) is 0 Å². The van der Waals surface area contributed by atoms with E-state index in [2.05, 4.69) is 60.0 Å². The number of para-hydroxylation sites is 4. The second-order valence-electron chi connectivity index (χ2n) is 36.2. The highest BCUT2D eigenvalue weighted by Gasteiger charge is 2.41. The zero-order valence-corrected chi connectivity index (χ0v) is 70.1. The van der Waals surface area contributed by atoms with E-state index in [0.717, 1.165) is 50.1 Å². The summed E-state index contributed by atoms with van der Waals surface area (Å²) in [5.74, 6) is -1.47. The van der Waals surface area contributed by atoms with Gasteiger partial charge in [-0.2, -0.15) is 0 Å². The van der Waals surface area contributed by atoms with E-state index in [1.165, 1.54) is 18.3 Å². The van der Waals surface area contributed by atoms with Crippen LogP contribution in [0.4, 0.5) is 0 Å². The number of aryl methyl sites for hydroxylation is 1. The second-order valence-corrected chi connectivity index (χ2v) is 37.0. The number of aromatic nitrogens is 5. The number of hydrogen-bond donors (Lipinski definition) is 0. The highest BCUT2D eigenvalue weighted by atomic mass is 35.5. The molecule has 0 atom stereocenters. The lowest BCUT2D eigenvalue weighted by molar-refractivity contribution is 0.792. The molecule has 17 aromatic carbocycles. The highest BCUT2D eigenvalue weighted by molar-refractivity contribution is 6.64. The SMILES string of the molecule is Cc1ccc(-n2c3cc4c(=O)n(-c5c(C(C)C)cccc5C(C)C)c(=O)c5cc6c7c8c(=O)n(-c9c(C(C)C)cccc9C(C)C)c(=O)c9cc(Cl)c%10c%11c(Cl)cc%12c(=O)n(-c%13c(C(C)C)cccc%13C(C)C)c(=O)c%13cc%14c%15c%16c(=O)n(-c%17c(C(C)C)cccc%17C(C)C)c(=O)c%17cc2c2c(c%17%16)c(c6c(c54)c23)c%15c7c(c%14c%11c%12%13)c%10c98)cc1. The Balaban J connectivity index is 1.14. The monoisotopic (exact) mass is 1590 g/mol. The molecule has 22 rings (SSSR count). The Kier molecular flexibility index (Phi) is 14.7. The molecule has 0 fully saturated rings. The predicted molar refractivity (Wildman–Crippen MR) is 493 cm³/mol. The van der Waals surface area contributed by atoms with Crippen molar-refractivity contribution >= 4 is 196 Å². The van der Waals surface area contributed by atoms with Crippen LogP contribution in [-0.2, 0) is 0 Å². The topological polar surface area (TPSA) is 161 Å². The molecule has 5 heterocycles. The van der Waals surface area contributed by atoms with Gasteiger partial charge in [0.15, 0.2) is 0 Å². The molecule has 0 aliphatic heterocycles. The van der Waals surface area contributed by atoms with Crippen molar-refractivity contribution < 1.29 is 0 Å². The number of halogens is 2. The molecule has 0 N–H and O–H groups in total. The normalized spacial score (nSPS) is 13.2. The summed E-state index contributed by atoms with van der Waals surface area (Å²) in [5.41, 5.74) is 6.10.